The van der Waals surface area contributed by atoms with Gasteiger partial charge in [-0.2, -0.15) is 0 Å². The van der Waals surface area contributed by atoms with Crippen LogP contribution in [0.3, 0.4) is 0 Å². The number of para-hydroxylation sites is 2. The average Bonchev–Trinajstić information content (AvgIpc) is 3.20. The van der Waals surface area contributed by atoms with Crippen LogP contribution in [-0.4, -0.2) is 0 Å². The summed E-state index contributed by atoms with van der Waals surface area (Å²) in [6.45, 7) is 14.4. The molecule has 1 N–H and O–H groups in total. The second-order valence-electron chi connectivity index (χ2n) is 17.4. The summed E-state index contributed by atoms with van der Waals surface area (Å²) >= 11 is 0. The fraction of sp³-hybridized carbons (Fsp3) is 0.208. The summed E-state index contributed by atoms with van der Waals surface area (Å²) in [4.78, 5) is 2.49. The third kappa shape index (κ3) is 6.15. The van der Waals surface area contributed by atoms with Crippen LogP contribution < -0.4 is 10.2 Å². The van der Waals surface area contributed by atoms with E-state index in [1.54, 1.807) is 0 Å². The fourth-order valence-electron chi connectivity index (χ4n) is 9.13. The lowest BCUT2D eigenvalue weighted by molar-refractivity contribution is 0.332. The molecule has 0 unspecified atom stereocenters. The minimum atomic E-state index is -0.131. The molecule has 0 saturated carbocycles. The van der Waals surface area contributed by atoms with Crippen LogP contribution in [-0.2, 0) is 16.2 Å². The summed E-state index contributed by atoms with van der Waals surface area (Å²) in [5.74, 6) is 0. The molecule has 7 aromatic carbocycles. The van der Waals surface area contributed by atoms with Crippen molar-refractivity contribution >= 4 is 28.4 Å². The van der Waals surface area contributed by atoms with Gasteiger partial charge in [-0.3, -0.25) is 0 Å². The van der Waals surface area contributed by atoms with Crippen molar-refractivity contribution in [1.29, 1.82) is 0 Å². The molecule has 1 aliphatic heterocycles. The van der Waals surface area contributed by atoms with Crippen LogP contribution in [0.1, 0.15) is 76.6 Å². The van der Waals surface area contributed by atoms with Crippen molar-refractivity contribution in [3.8, 4) is 33.4 Å². The molecule has 272 valence electrons. The Morgan fingerprint density at radius 3 is 1.47 bits per heavy atom. The fourth-order valence-corrected chi connectivity index (χ4v) is 9.13. The van der Waals surface area contributed by atoms with Crippen molar-refractivity contribution in [2.24, 2.45) is 0 Å². The Morgan fingerprint density at radius 1 is 0.418 bits per heavy atom. The first-order valence-electron chi connectivity index (χ1n) is 19.8. The van der Waals surface area contributed by atoms with Crippen LogP contribution in [0, 0.1) is 0 Å². The molecule has 7 aromatic rings. The number of rotatable bonds is 6. The largest absolute Gasteiger partial charge is 0.355 e. The van der Waals surface area contributed by atoms with Gasteiger partial charge in [-0.1, -0.05) is 151 Å². The molecular formula is C53H50N2. The lowest BCUT2D eigenvalue weighted by atomic mass is 9.62. The van der Waals surface area contributed by atoms with E-state index in [0.717, 1.165) is 29.9 Å². The standard InChI is InChI=1S/C53H50N2/c1-51(2)29-30-52(3,4)47-35-48(54-41-27-25-38(26-28-41)36-17-9-7-10-18-36)43(34-46(47)51)40-31-39(37-19-11-8-12-20-37)32-42(33-40)55-49-23-15-13-21-44(49)53(5,6)45-22-14-16-24-50(45)55/h7-28,31-35,54H,29-30H2,1-6H3. The summed E-state index contributed by atoms with van der Waals surface area (Å²) in [5, 5.41) is 3.95. The van der Waals surface area contributed by atoms with Crippen LogP contribution in [0.5, 0.6) is 0 Å². The first kappa shape index (κ1) is 34.9. The third-order valence-electron chi connectivity index (χ3n) is 12.5. The molecule has 0 atom stereocenters. The first-order chi connectivity index (χ1) is 26.5. The summed E-state index contributed by atoms with van der Waals surface area (Å²) < 4.78 is 0. The minimum absolute atomic E-state index is 0.0612. The first-order valence-corrected chi connectivity index (χ1v) is 19.8. The predicted molar refractivity (Wildman–Crippen MR) is 235 cm³/mol. The summed E-state index contributed by atoms with van der Waals surface area (Å²) in [7, 11) is 0. The summed E-state index contributed by atoms with van der Waals surface area (Å²) in [5.41, 5.74) is 18.6. The van der Waals surface area contributed by atoms with Crippen LogP contribution in [0.15, 0.2) is 164 Å². The van der Waals surface area contributed by atoms with Crippen molar-refractivity contribution in [1.82, 2.24) is 0 Å². The molecule has 9 rings (SSSR count). The van der Waals surface area contributed by atoms with E-state index >= 15 is 0 Å². The molecule has 0 spiro atoms. The molecule has 0 fully saturated rings. The second kappa shape index (κ2) is 13.2. The maximum atomic E-state index is 3.95. The van der Waals surface area contributed by atoms with Crippen LogP contribution in [0.25, 0.3) is 33.4 Å². The maximum Gasteiger partial charge on any atom is 0.0502 e. The van der Waals surface area contributed by atoms with E-state index in [-0.39, 0.29) is 16.2 Å². The van der Waals surface area contributed by atoms with Gasteiger partial charge in [0.25, 0.3) is 0 Å². The zero-order valence-corrected chi connectivity index (χ0v) is 32.9. The number of nitrogens with zero attached hydrogens (tertiary/aromatic N) is 1. The lowest BCUT2D eigenvalue weighted by Gasteiger charge is -2.43. The molecule has 2 aliphatic rings. The highest BCUT2D eigenvalue weighted by molar-refractivity contribution is 5.92. The maximum absolute atomic E-state index is 3.95. The highest BCUT2D eigenvalue weighted by atomic mass is 15.2. The monoisotopic (exact) mass is 714 g/mol. The summed E-state index contributed by atoms with van der Waals surface area (Å²) in [6, 6.07) is 60.5. The van der Waals surface area contributed by atoms with Crippen LogP contribution in [0.4, 0.5) is 28.4 Å². The van der Waals surface area contributed by atoms with Gasteiger partial charge in [-0.15, -0.1) is 0 Å². The van der Waals surface area contributed by atoms with Gasteiger partial charge in [0.15, 0.2) is 0 Å². The Bertz CT molecular complexity index is 2470. The average molecular weight is 715 g/mol. The van der Waals surface area contributed by atoms with Gasteiger partial charge < -0.3 is 10.2 Å². The molecule has 1 heterocycles. The van der Waals surface area contributed by atoms with Crippen molar-refractivity contribution in [3.05, 3.63) is 186 Å². The quantitative estimate of drug-likeness (QED) is 0.184. The Kier molecular flexibility index (Phi) is 8.35. The van der Waals surface area contributed by atoms with E-state index in [1.807, 2.05) is 0 Å². The zero-order chi connectivity index (χ0) is 38.0. The molecule has 2 nitrogen and oxygen atoms in total. The number of benzene rings is 7. The molecule has 0 radical (unpaired) electrons. The van der Waals surface area contributed by atoms with Crippen molar-refractivity contribution in [2.75, 3.05) is 10.2 Å². The molecule has 0 bridgehead atoms. The van der Waals surface area contributed by atoms with Crippen LogP contribution >= 0.6 is 0 Å². The number of fused-ring (bicyclic) bond motifs is 3. The highest BCUT2D eigenvalue weighted by Crippen LogP contribution is 2.54. The number of hydrogen-bond donors (Lipinski definition) is 1. The van der Waals surface area contributed by atoms with E-state index in [2.05, 4.69) is 216 Å². The summed E-state index contributed by atoms with van der Waals surface area (Å²) in [6.07, 6.45) is 2.32. The molecule has 1 aliphatic carbocycles. The van der Waals surface area contributed by atoms with Gasteiger partial charge in [-0.25, -0.2) is 0 Å². The zero-order valence-electron chi connectivity index (χ0n) is 32.9. The number of hydrogen-bond acceptors (Lipinski definition) is 2. The van der Waals surface area contributed by atoms with E-state index in [9.17, 15) is 0 Å². The Hall–Kier alpha value is -5.86. The van der Waals surface area contributed by atoms with E-state index in [1.165, 1.54) is 67.0 Å². The van der Waals surface area contributed by atoms with Crippen molar-refractivity contribution in [2.45, 2.75) is 70.6 Å². The van der Waals surface area contributed by atoms with E-state index < -0.39 is 0 Å². The Morgan fingerprint density at radius 2 is 0.891 bits per heavy atom. The second-order valence-corrected chi connectivity index (χ2v) is 17.4. The topological polar surface area (TPSA) is 15.3 Å². The Labute approximate surface area is 327 Å². The molecule has 2 heteroatoms. The van der Waals surface area contributed by atoms with Crippen molar-refractivity contribution in [3.63, 3.8) is 0 Å². The number of anilines is 5. The van der Waals surface area contributed by atoms with Gasteiger partial charge >= 0.3 is 0 Å². The molecule has 0 amide bonds. The van der Waals surface area contributed by atoms with Gasteiger partial charge in [-0.05, 0) is 128 Å². The van der Waals surface area contributed by atoms with Gasteiger partial charge in [0.05, 0.1) is 11.4 Å². The molecule has 0 aromatic heterocycles. The molecule has 0 saturated heterocycles. The van der Waals surface area contributed by atoms with E-state index in [4.69, 9.17) is 0 Å². The lowest BCUT2D eigenvalue weighted by Crippen LogP contribution is -2.34. The Balaban J connectivity index is 1.27. The predicted octanol–water partition coefficient (Wildman–Crippen LogP) is 14.9. The molecule has 55 heavy (non-hydrogen) atoms. The SMILES string of the molecule is CC1(C)CCC(C)(C)c2cc(-c3cc(-c4ccccc4)cc(N4c5ccccc5C(C)(C)c5ccccc54)c3)c(Nc3ccc(-c4ccccc4)cc3)cc21. The molecular weight excluding hydrogens is 665 g/mol. The van der Waals surface area contributed by atoms with Crippen LogP contribution in [0.2, 0.25) is 0 Å². The smallest absolute Gasteiger partial charge is 0.0502 e. The van der Waals surface area contributed by atoms with Crippen molar-refractivity contribution < 1.29 is 0 Å². The normalized spacial score (nSPS) is 16.1. The number of nitrogens with one attached hydrogen (secondary N) is 1. The highest BCUT2D eigenvalue weighted by Gasteiger charge is 2.39. The van der Waals surface area contributed by atoms with Gasteiger partial charge in [0.1, 0.15) is 0 Å². The van der Waals surface area contributed by atoms with E-state index in [0.29, 0.717) is 0 Å². The van der Waals surface area contributed by atoms with Gasteiger partial charge in [0, 0.05) is 28.0 Å². The third-order valence-corrected chi connectivity index (χ3v) is 12.5. The van der Waals surface area contributed by atoms with Gasteiger partial charge in [0.2, 0.25) is 0 Å². The minimum Gasteiger partial charge on any atom is -0.355 e.